The number of anilines is 1. The predicted molar refractivity (Wildman–Crippen MR) is 41.8 cm³/mol. The van der Waals surface area contributed by atoms with Crippen LogP contribution in [0.15, 0.2) is 15.8 Å². The zero-order valence-electron chi connectivity index (χ0n) is 6.10. The summed E-state index contributed by atoms with van der Waals surface area (Å²) in [5.41, 5.74) is -0.501. The second-order valence-electron chi connectivity index (χ2n) is 2.02. The maximum Gasteiger partial charge on any atom is 0.325 e. The molecule has 11 heavy (non-hydrogen) atoms. The van der Waals surface area contributed by atoms with Crippen molar-refractivity contribution in [3.63, 3.8) is 0 Å². The highest BCUT2D eigenvalue weighted by Gasteiger charge is 1.95. The summed E-state index contributed by atoms with van der Waals surface area (Å²) in [5.74, 6) is 0. The lowest BCUT2D eigenvalue weighted by molar-refractivity contribution is 1.02. The van der Waals surface area contributed by atoms with Crippen LogP contribution < -0.4 is 16.6 Å². The van der Waals surface area contributed by atoms with Crippen molar-refractivity contribution in [3.05, 3.63) is 27.0 Å². The van der Waals surface area contributed by atoms with Gasteiger partial charge in [0.15, 0.2) is 0 Å². The van der Waals surface area contributed by atoms with Crippen LogP contribution in [0.2, 0.25) is 0 Å². The average Bonchev–Trinajstić information content (AvgIpc) is 1.95. The predicted octanol–water partition coefficient (Wildman–Crippen LogP) is -0.505. The van der Waals surface area contributed by atoms with Crippen LogP contribution in [0.5, 0.6) is 0 Å². The molecule has 0 unspecified atom stereocenters. The smallest absolute Gasteiger partial charge is 0.325 e. The van der Waals surface area contributed by atoms with Gasteiger partial charge in [-0.2, -0.15) is 0 Å². The van der Waals surface area contributed by atoms with Gasteiger partial charge in [0.05, 0.1) is 0 Å². The van der Waals surface area contributed by atoms with Crippen LogP contribution in [-0.4, -0.2) is 16.5 Å². The van der Waals surface area contributed by atoms with Crippen LogP contribution in [-0.2, 0) is 0 Å². The summed E-state index contributed by atoms with van der Waals surface area (Å²) in [6.45, 7) is 2.51. The van der Waals surface area contributed by atoms with E-state index in [-0.39, 0.29) is 0 Å². The first kappa shape index (κ1) is 7.59. The number of aromatic nitrogens is 2. The van der Waals surface area contributed by atoms with Gasteiger partial charge in [-0.05, 0) is 6.92 Å². The molecular formula is C6H9N3O2. The van der Waals surface area contributed by atoms with Crippen LogP contribution in [0.4, 0.5) is 5.69 Å². The van der Waals surface area contributed by atoms with E-state index in [0.717, 1.165) is 0 Å². The van der Waals surface area contributed by atoms with Crippen LogP contribution in [0, 0.1) is 0 Å². The fourth-order valence-electron chi connectivity index (χ4n) is 0.732. The zero-order chi connectivity index (χ0) is 8.27. The third kappa shape index (κ3) is 1.70. The van der Waals surface area contributed by atoms with E-state index in [1.807, 2.05) is 6.92 Å². The fourth-order valence-corrected chi connectivity index (χ4v) is 0.732. The molecule has 1 aromatic rings. The largest absolute Gasteiger partial charge is 0.380 e. The molecule has 0 saturated carbocycles. The van der Waals surface area contributed by atoms with Gasteiger partial charge in [-0.15, -0.1) is 0 Å². The molecule has 1 aromatic heterocycles. The molecule has 0 aromatic carbocycles. The van der Waals surface area contributed by atoms with Crippen molar-refractivity contribution in [1.82, 2.24) is 9.97 Å². The monoisotopic (exact) mass is 155 g/mol. The quantitative estimate of drug-likeness (QED) is 0.538. The van der Waals surface area contributed by atoms with Crippen molar-refractivity contribution < 1.29 is 0 Å². The molecule has 5 nitrogen and oxygen atoms in total. The van der Waals surface area contributed by atoms with E-state index in [9.17, 15) is 9.59 Å². The minimum atomic E-state index is -0.489. The standard InChI is InChI=1S/C6H9N3O2/c1-2-7-4-3-8-6(11)9-5(4)10/h3,7H,2H2,1H3,(H2,8,9,10,11). The van der Waals surface area contributed by atoms with Gasteiger partial charge in [-0.25, -0.2) is 4.79 Å². The van der Waals surface area contributed by atoms with E-state index in [1.165, 1.54) is 6.20 Å². The normalized spacial score (nSPS) is 9.55. The zero-order valence-corrected chi connectivity index (χ0v) is 6.10. The topological polar surface area (TPSA) is 77.8 Å². The number of H-pyrrole nitrogens is 2. The molecule has 0 saturated heterocycles. The highest BCUT2D eigenvalue weighted by molar-refractivity contribution is 5.36. The van der Waals surface area contributed by atoms with Crippen LogP contribution in [0.1, 0.15) is 6.92 Å². The third-order valence-electron chi connectivity index (χ3n) is 1.19. The summed E-state index contributed by atoms with van der Waals surface area (Å²) in [6.07, 6.45) is 1.35. The number of aromatic amines is 2. The Morgan fingerprint density at radius 1 is 1.55 bits per heavy atom. The summed E-state index contributed by atoms with van der Waals surface area (Å²) >= 11 is 0. The first-order valence-electron chi connectivity index (χ1n) is 3.30. The van der Waals surface area contributed by atoms with Crippen molar-refractivity contribution >= 4 is 5.69 Å². The molecule has 60 valence electrons. The molecule has 3 N–H and O–H groups in total. The molecule has 0 amide bonds. The molecule has 0 spiro atoms. The molecule has 0 aliphatic heterocycles. The number of nitrogens with one attached hydrogen (secondary N) is 3. The fraction of sp³-hybridized carbons (Fsp3) is 0.333. The van der Waals surface area contributed by atoms with Crippen molar-refractivity contribution in [1.29, 1.82) is 0 Å². The summed E-state index contributed by atoms with van der Waals surface area (Å²) in [7, 11) is 0. The van der Waals surface area contributed by atoms with E-state index < -0.39 is 11.2 Å². The summed E-state index contributed by atoms with van der Waals surface area (Å²) < 4.78 is 0. The van der Waals surface area contributed by atoms with E-state index in [4.69, 9.17) is 0 Å². The van der Waals surface area contributed by atoms with Gasteiger partial charge in [0.2, 0.25) is 0 Å². The molecule has 1 heterocycles. The lowest BCUT2D eigenvalue weighted by atomic mass is 10.5. The van der Waals surface area contributed by atoms with Crippen molar-refractivity contribution in [2.45, 2.75) is 6.92 Å². The van der Waals surface area contributed by atoms with Crippen molar-refractivity contribution in [2.24, 2.45) is 0 Å². The molecule has 5 heteroatoms. The van der Waals surface area contributed by atoms with Gasteiger partial charge in [0.1, 0.15) is 5.69 Å². The van der Waals surface area contributed by atoms with E-state index in [2.05, 4.69) is 15.3 Å². The highest BCUT2D eigenvalue weighted by atomic mass is 16.2. The Labute approximate surface area is 62.5 Å². The number of hydrogen-bond acceptors (Lipinski definition) is 3. The Morgan fingerprint density at radius 2 is 2.27 bits per heavy atom. The van der Waals surface area contributed by atoms with Gasteiger partial charge in [-0.1, -0.05) is 0 Å². The minimum Gasteiger partial charge on any atom is -0.380 e. The van der Waals surface area contributed by atoms with Gasteiger partial charge < -0.3 is 10.3 Å². The Morgan fingerprint density at radius 3 is 2.82 bits per heavy atom. The molecular weight excluding hydrogens is 146 g/mol. The van der Waals surface area contributed by atoms with Gasteiger partial charge in [0.25, 0.3) is 5.56 Å². The first-order valence-corrected chi connectivity index (χ1v) is 3.30. The van der Waals surface area contributed by atoms with Crippen LogP contribution in [0.25, 0.3) is 0 Å². The Balaban J connectivity index is 3.10. The van der Waals surface area contributed by atoms with Crippen molar-refractivity contribution in [2.75, 3.05) is 11.9 Å². The maximum absolute atomic E-state index is 10.9. The second-order valence-corrected chi connectivity index (χ2v) is 2.02. The van der Waals surface area contributed by atoms with Gasteiger partial charge >= 0.3 is 5.69 Å². The molecule has 1 rings (SSSR count). The molecule has 0 fully saturated rings. The molecule has 0 bridgehead atoms. The van der Waals surface area contributed by atoms with Gasteiger partial charge in [0, 0.05) is 12.7 Å². The van der Waals surface area contributed by atoms with E-state index >= 15 is 0 Å². The second kappa shape index (κ2) is 3.05. The summed E-state index contributed by atoms with van der Waals surface area (Å²) in [5, 5.41) is 2.79. The van der Waals surface area contributed by atoms with Crippen LogP contribution in [0.3, 0.4) is 0 Å². The third-order valence-corrected chi connectivity index (χ3v) is 1.19. The number of hydrogen-bond donors (Lipinski definition) is 3. The summed E-state index contributed by atoms with van der Waals surface area (Å²) in [6, 6.07) is 0. The van der Waals surface area contributed by atoms with E-state index in [0.29, 0.717) is 12.2 Å². The molecule has 0 radical (unpaired) electrons. The first-order chi connectivity index (χ1) is 5.24. The Kier molecular flexibility index (Phi) is 2.10. The lowest BCUT2D eigenvalue weighted by Gasteiger charge is -1.97. The van der Waals surface area contributed by atoms with Gasteiger partial charge in [-0.3, -0.25) is 9.78 Å². The highest BCUT2D eigenvalue weighted by Crippen LogP contribution is 1.88. The minimum absolute atomic E-state index is 0.382. The van der Waals surface area contributed by atoms with Crippen molar-refractivity contribution in [3.8, 4) is 0 Å². The SMILES string of the molecule is CCNc1c[nH]c(=O)[nH]c1=O. The average molecular weight is 155 g/mol. The molecule has 0 atom stereocenters. The van der Waals surface area contributed by atoms with E-state index in [1.54, 1.807) is 0 Å². The molecule has 0 aliphatic rings. The summed E-state index contributed by atoms with van der Waals surface area (Å²) in [4.78, 5) is 25.8. The Bertz CT molecular complexity index is 338. The van der Waals surface area contributed by atoms with Crippen LogP contribution >= 0.6 is 0 Å². The number of rotatable bonds is 2. The lowest BCUT2D eigenvalue weighted by Crippen LogP contribution is -2.24. The maximum atomic E-state index is 10.9. The Hall–Kier alpha value is -1.52. The molecule has 0 aliphatic carbocycles.